The van der Waals surface area contributed by atoms with Crippen molar-refractivity contribution < 1.29 is 9.59 Å². The maximum Gasteiger partial charge on any atom is 0.196 e. The second kappa shape index (κ2) is 6.42. The highest BCUT2D eigenvalue weighted by Gasteiger charge is 2.31. The molecule has 4 rings (SSSR count). The molecule has 0 amide bonds. The average molecular weight is 351 g/mol. The first kappa shape index (κ1) is 16.7. The Morgan fingerprint density at radius 3 is 2.08 bits per heavy atom. The van der Waals surface area contributed by atoms with Gasteiger partial charge in [-0.2, -0.15) is 0 Å². The lowest BCUT2D eigenvalue weighted by atomic mass is 9.83. The predicted molar refractivity (Wildman–Crippen MR) is 101 cm³/mol. The molecule has 0 unspecified atom stereocenters. The number of rotatable bonds is 2. The van der Waals surface area contributed by atoms with Crippen molar-refractivity contribution in [2.24, 2.45) is 0 Å². The van der Waals surface area contributed by atoms with E-state index in [4.69, 9.17) is 5.73 Å². The number of hydrogen-bond donors (Lipinski definition) is 2. The molecule has 0 atom stereocenters. The fourth-order valence-corrected chi connectivity index (χ4v) is 3.02. The van der Waals surface area contributed by atoms with E-state index in [0.717, 1.165) is 5.69 Å². The third-order valence-electron chi connectivity index (χ3n) is 4.12. The fraction of sp³-hybridized carbons (Fsp3) is 0. The lowest BCUT2D eigenvalue weighted by Crippen LogP contribution is -2.22. The Kier molecular flexibility index (Phi) is 4.30. The number of halogens is 1. The lowest BCUT2D eigenvalue weighted by molar-refractivity contribution is 0.0979. The summed E-state index contributed by atoms with van der Waals surface area (Å²) in [5, 5.41) is 3.20. The van der Waals surface area contributed by atoms with E-state index in [1.54, 1.807) is 54.6 Å². The number of nitrogens with two attached hydrogens (primary N) is 1. The van der Waals surface area contributed by atoms with Gasteiger partial charge in [-0.3, -0.25) is 9.59 Å². The zero-order valence-corrected chi connectivity index (χ0v) is 14.0. The second-order valence-corrected chi connectivity index (χ2v) is 5.68. The predicted octanol–water partition coefficient (Wildman–Crippen LogP) is 4.21. The number of carbonyl (C=O) groups excluding carboxylic acids is 2. The standard InChI is InChI=1S/C20H14N2O2.ClH/c21-12-5-3-6-13(11-12)22-17-10-4-9-16-18(17)20(24)15-8-2-1-7-14(15)19(16)23;/h1-11,22H,21H2;1H. The molecule has 3 aromatic rings. The van der Waals surface area contributed by atoms with Crippen LogP contribution in [0.5, 0.6) is 0 Å². The van der Waals surface area contributed by atoms with Crippen LogP contribution in [0.1, 0.15) is 31.8 Å². The van der Waals surface area contributed by atoms with Crippen molar-refractivity contribution in [2.45, 2.75) is 0 Å². The van der Waals surface area contributed by atoms with Crippen molar-refractivity contribution in [3.63, 3.8) is 0 Å². The molecule has 1 aliphatic rings. The zero-order valence-electron chi connectivity index (χ0n) is 13.2. The molecule has 0 radical (unpaired) electrons. The molecule has 3 N–H and O–H groups in total. The molecule has 25 heavy (non-hydrogen) atoms. The van der Waals surface area contributed by atoms with Gasteiger partial charge in [0, 0.05) is 28.1 Å². The molecular formula is C20H15ClN2O2. The summed E-state index contributed by atoms with van der Waals surface area (Å²) in [5.74, 6) is -0.274. The Morgan fingerprint density at radius 2 is 1.36 bits per heavy atom. The van der Waals surface area contributed by atoms with Crippen molar-refractivity contribution in [1.29, 1.82) is 0 Å². The van der Waals surface area contributed by atoms with Gasteiger partial charge in [-0.25, -0.2) is 0 Å². The minimum absolute atomic E-state index is 0. The van der Waals surface area contributed by atoms with Gasteiger partial charge in [0.25, 0.3) is 0 Å². The van der Waals surface area contributed by atoms with E-state index in [9.17, 15) is 9.59 Å². The quantitative estimate of drug-likeness (QED) is 0.531. The Balaban J connectivity index is 0.00000182. The Morgan fingerprint density at radius 1 is 0.720 bits per heavy atom. The van der Waals surface area contributed by atoms with Gasteiger partial charge in [-0.05, 0) is 24.3 Å². The first-order chi connectivity index (χ1) is 11.6. The summed E-state index contributed by atoms with van der Waals surface area (Å²) in [7, 11) is 0. The largest absolute Gasteiger partial charge is 0.399 e. The molecule has 0 aliphatic heterocycles. The van der Waals surface area contributed by atoms with Crippen LogP contribution in [-0.2, 0) is 0 Å². The molecule has 0 saturated carbocycles. The Hall–Kier alpha value is -3.11. The molecule has 0 saturated heterocycles. The van der Waals surface area contributed by atoms with Gasteiger partial charge >= 0.3 is 0 Å². The number of ketones is 2. The topological polar surface area (TPSA) is 72.2 Å². The molecule has 5 heteroatoms. The molecule has 3 aromatic carbocycles. The van der Waals surface area contributed by atoms with Crippen LogP contribution < -0.4 is 11.1 Å². The minimum Gasteiger partial charge on any atom is -0.399 e. The van der Waals surface area contributed by atoms with Gasteiger partial charge in [0.2, 0.25) is 0 Å². The lowest BCUT2D eigenvalue weighted by Gasteiger charge is -2.20. The van der Waals surface area contributed by atoms with Crippen LogP contribution in [-0.4, -0.2) is 11.6 Å². The van der Waals surface area contributed by atoms with Gasteiger partial charge in [0.05, 0.1) is 11.3 Å². The van der Waals surface area contributed by atoms with E-state index in [-0.39, 0.29) is 24.0 Å². The van der Waals surface area contributed by atoms with Crippen LogP contribution in [0.3, 0.4) is 0 Å². The Bertz CT molecular complexity index is 998. The fourth-order valence-electron chi connectivity index (χ4n) is 3.02. The maximum absolute atomic E-state index is 12.9. The van der Waals surface area contributed by atoms with Crippen molar-refractivity contribution in [3.05, 3.63) is 89.0 Å². The van der Waals surface area contributed by atoms with Crippen molar-refractivity contribution in [1.82, 2.24) is 0 Å². The van der Waals surface area contributed by atoms with E-state index >= 15 is 0 Å². The molecular weight excluding hydrogens is 336 g/mol. The number of nitrogen functional groups attached to an aromatic ring is 1. The summed E-state index contributed by atoms with van der Waals surface area (Å²) in [4.78, 5) is 25.6. The molecule has 1 aliphatic carbocycles. The molecule has 0 aromatic heterocycles. The van der Waals surface area contributed by atoms with Crippen LogP contribution in [0.15, 0.2) is 66.7 Å². The van der Waals surface area contributed by atoms with E-state index in [2.05, 4.69) is 5.32 Å². The molecule has 0 spiro atoms. The summed E-state index contributed by atoms with van der Waals surface area (Å²) in [5.41, 5.74) is 9.52. The third-order valence-corrected chi connectivity index (χ3v) is 4.12. The van der Waals surface area contributed by atoms with Gasteiger partial charge in [-0.15, -0.1) is 12.4 Å². The second-order valence-electron chi connectivity index (χ2n) is 5.68. The van der Waals surface area contributed by atoms with Gasteiger partial charge in [0.15, 0.2) is 11.6 Å². The summed E-state index contributed by atoms with van der Waals surface area (Å²) in [6, 6.07) is 19.4. The number of benzene rings is 3. The van der Waals surface area contributed by atoms with E-state index < -0.39 is 0 Å². The van der Waals surface area contributed by atoms with E-state index in [1.807, 2.05) is 12.1 Å². The van der Waals surface area contributed by atoms with Gasteiger partial charge in [-0.1, -0.05) is 42.5 Å². The maximum atomic E-state index is 12.9. The van der Waals surface area contributed by atoms with Gasteiger partial charge in [0.1, 0.15) is 0 Å². The molecule has 0 fully saturated rings. The minimum atomic E-state index is -0.146. The number of carbonyl (C=O) groups is 2. The van der Waals surface area contributed by atoms with Crippen LogP contribution in [0.25, 0.3) is 0 Å². The highest BCUT2D eigenvalue weighted by Crippen LogP contribution is 2.33. The number of fused-ring (bicyclic) bond motifs is 2. The van der Waals surface area contributed by atoms with Gasteiger partial charge < -0.3 is 11.1 Å². The first-order valence-corrected chi connectivity index (χ1v) is 7.59. The SMILES string of the molecule is Cl.Nc1cccc(Nc2cccc3c2C(=O)c2ccccc2C3=O)c1. The molecule has 4 nitrogen and oxygen atoms in total. The average Bonchev–Trinajstić information content (AvgIpc) is 2.60. The molecule has 0 bridgehead atoms. The number of anilines is 3. The van der Waals surface area contributed by atoms with Crippen molar-refractivity contribution >= 4 is 41.0 Å². The highest BCUT2D eigenvalue weighted by atomic mass is 35.5. The van der Waals surface area contributed by atoms with Crippen LogP contribution >= 0.6 is 12.4 Å². The highest BCUT2D eigenvalue weighted by molar-refractivity contribution is 6.30. The third kappa shape index (κ3) is 2.77. The Labute approximate surface area is 151 Å². The summed E-state index contributed by atoms with van der Waals surface area (Å²) < 4.78 is 0. The zero-order chi connectivity index (χ0) is 16.7. The van der Waals surface area contributed by atoms with Crippen molar-refractivity contribution in [2.75, 3.05) is 11.1 Å². The molecule has 124 valence electrons. The van der Waals surface area contributed by atoms with E-state index in [0.29, 0.717) is 33.6 Å². The number of nitrogens with one attached hydrogen (secondary N) is 1. The monoisotopic (exact) mass is 350 g/mol. The summed E-state index contributed by atoms with van der Waals surface area (Å²) >= 11 is 0. The van der Waals surface area contributed by atoms with Crippen molar-refractivity contribution in [3.8, 4) is 0 Å². The number of hydrogen-bond acceptors (Lipinski definition) is 4. The van der Waals surface area contributed by atoms with Crippen LogP contribution in [0.4, 0.5) is 17.1 Å². The first-order valence-electron chi connectivity index (χ1n) is 7.59. The van der Waals surface area contributed by atoms with Crippen LogP contribution in [0.2, 0.25) is 0 Å². The van der Waals surface area contributed by atoms with Crippen LogP contribution in [0, 0.1) is 0 Å². The normalized spacial score (nSPS) is 12.0. The van der Waals surface area contributed by atoms with E-state index in [1.165, 1.54) is 0 Å². The summed E-state index contributed by atoms with van der Waals surface area (Å²) in [6.07, 6.45) is 0. The summed E-state index contributed by atoms with van der Waals surface area (Å²) in [6.45, 7) is 0. The smallest absolute Gasteiger partial charge is 0.196 e. The molecule has 0 heterocycles.